The van der Waals surface area contributed by atoms with Gasteiger partial charge in [0.05, 0.1) is 7.11 Å². The molecule has 2 aromatic carbocycles. The predicted molar refractivity (Wildman–Crippen MR) is 93.9 cm³/mol. The van der Waals surface area contributed by atoms with Crippen LogP contribution in [-0.4, -0.2) is 24.8 Å². The van der Waals surface area contributed by atoms with Crippen LogP contribution in [0.15, 0.2) is 43.0 Å². The molecule has 1 aliphatic heterocycles. The highest BCUT2D eigenvalue weighted by Crippen LogP contribution is 2.37. The maximum Gasteiger partial charge on any atom is 0.231 e. The van der Waals surface area contributed by atoms with Gasteiger partial charge in [-0.15, -0.1) is 6.58 Å². The average Bonchev–Trinajstić information content (AvgIpc) is 3.10. The molecule has 0 aliphatic carbocycles. The Morgan fingerprint density at radius 1 is 1.32 bits per heavy atom. The highest BCUT2D eigenvalue weighted by atomic mass is 16.7. The number of ether oxygens (including phenoxy) is 3. The number of Topliss-reactive ketones (excluding diaryl/α,β-unsaturated/α-hetero) is 1. The minimum Gasteiger partial charge on any atom is -0.504 e. The zero-order chi connectivity index (χ0) is 18.0. The Labute approximate surface area is 146 Å². The summed E-state index contributed by atoms with van der Waals surface area (Å²) in [5.41, 5.74) is 2.00. The molecular weight excluding hydrogens is 320 g/mol. The maximum atomic E-state index is 12.9. The van der Waals surface area contributed by atoms with Gasteiger partial charge in [0.15, 0.2) is 28.8 Å². The predicted octanol–water partition coefficient (Wildman–Crippen LogP) is 3.84. The number of hydrogen-bond donors (Lipinski definition) is 1. The van der Waals surface area contributed by atoms with Crippen molar-refractivity contribution in [2.45, 2.75) is 19.3 Å². The third kappa shape index (κ3) is 3.18. The van der Waals surface area contributed by atoms with Crippen molar-refractivity contribution in [3.63, 3.8) is 0 Å². The van der Waals surface area contributed by atoms with Gasteiger partial charge in [-0.25, -0.2) is 0 Å². The number of rotatable bonds is 6. The van der Waals surface area contributed by atoms with E-state index in [-0.39, 0.29) is 18.3 Å². The molecule has 1 N–H and O–H groups in total. The molecule has 0 saturated heterocycles. The molecule has 3 rings (SSSR count). The fourth-order valence-corrected chi connectivity index (χ4v) is 2.86. The summed E-state index contributed by atoms with van der Waals surface area (Å²) in [6, 6.07) is 8.67. The van der Waals surface area contributed by atoms with E-state index in [0.29, 0.717) is 34.8 Å². The van der Waals surface area contributed by atoms with E-state index in [9.17, 15) is 9.90 Å². The summed E-state index contributed by atoms with van der Waals surface area (Å²) in [7, 11) is 1.49. The molecule has 0 saturated carbocycles. The fraction of sp³-hybridized carbons (Fsp3) is 0.250. The number of fused-ring (bicyclic) bond motifs is 1. The van der Waals surface area contributed by atoms with Gasteiger partial charge >= 0.3 is 0 Å². The molecule has 5 heteroatoms. The average molecular weight is 340 g/mol. The SMILES string of the molecule is C=CCc1cc(C(C)C(=O)c2ccc3c(c2)OCO3)cc(OC)c1O. The molecule has 0 spiro atoms. The topological polar surface area (TPSA) is 65.0 Å². The molecular formula is C20H20O5. The molecule has 25 heavy (non-hydrogen) atoms. The maximum absolute atomic E-state index is 12.9. The second-order valence-corrected chi connectivity index (χ2v) is 5.88. The van der Waals surface area contributed by atoms with Crippen LogP contribution in [0.2, 0.25) is 0 Å². The molecule has 1 aliphatic rings. The van der Waals surface area contributed by atoms with Crippen LogP contribution in [0, 0.1) is 0 Å². The van der Waals surface area contributed by atoms with Crippen molar-refractivity contribution in [3.8, 4) is 23.0 Å². The lowest BCUT2D eigenvalue weighted by molar-refractivity contribution is 0.0965. The Morgan fingerprint density at radius 3 is 2.80 bits per heavy atom. The molecule has 0 aromatic heterocycles. The van der Waals surface area contributed by atoms with Gasteiger partial charge in [0.25, 0.3) is 0 Å². The standard InChI is InChI=1S/C20H20O5/c1-4-5-13-8-15(10-18(23-3)20(13)22)12(2)19(21)14-6-7-16-17(9-14)25-11-24-16/h4,6-10,12,22H,1,5,11H2,2-3H3. The number of hydrogen-bond acceptors (Lipinski definition) is 5. The largest absolute Gasteiger partial charge is 0.504 e. The first kappa shape index (κ1) is 16.9. The molecule has 130 valence electrons. The number of phenolic OH excluding ortho intramolecular Hbond substituents is 1. The van der Waals surface area contributed by atoms with Crippen LogP contribution < -0.4 is 14.2 Å². The van der Waals surface area contributed by atoms with Crippen molar-refractivity contribution < 1.29 is 24.1 Å². The van der Waals surface area contributed by atoms with Gasteiger partial charge in [-0.3, -0.25) is 4.79 Å². The van der Waals surface area contributed by atoms with E-state index in [2.05, 4.69) is 6.58 Å². The van der Waals surface area contributed by atoms with E-state index >= 15 is 0 Å². The van der Waals surface area contributed by atoms with Crippen molar-refractivity contribution in [2.75, 3.05) is 13.9 Å². The first-order valence-corrected chi connectivity index (χ1v) is 7.99. The highest BCUT2D eigenvalue weighted by Gasteiger charge is 2.23. The van der Waals surface area contributed by atoms with Gasteiger partial charge in [0.1, 0.15) is 0 Å². The first-order valence-electron chi connectivity index (χ1n) is 7.99. The third-order valence-electron chi connectivity index (χ3n) is 4.31. The van der Waals surface area contributed by atoms with Gasteiger partial charge in [-0.2, -0.15) is 0 Å². The zero-order valence-corrected chi connectivity index (χ0v) is 14.2. The molecule has 5 nitrogen and oxygen atoms in total. The number of benzene rings is 2. The summed E-state index contributed by atoms with van der Waals surface area (Å²) >= 11 is 0. The number of carbonyl (C=O) groups excluding carboxylic acids is 1. The highest BCUT2D eigenvalue weighted by molar-refractivity contribution is 6.01. The molecule has 1 unspecified atom stereocenters. The zero-order valence-electron chi connectivity index (χ0n) is 14.2. The second-order valence-electron chi connectivity index (χ2n) is 5.88. The minimum atomic E-state index is -0.404. The molecule has 0 amide bonds. The molecule has 1 heterocycles. The Kier molecular flexibility index (Phi) is 4.65. The van der Waals surface area contributed by atoms with Crippen LogP contribution >= 0.6 is 0 Å². The van der Waals surface area contributed by atoms with Gasteiger partial charge in [-0.05, 0) is 36.2 Å². The van der Waals surface area contributed by atoms with Crippen molar-refractivity contribution in [1.82, 2.24) is 0 Å². The van der Waals surface area contributed by atoms with Crippen LogP contribution in [0.3, 0.4) is 0 Å². The summed E-state index contributed by atoms with van der Waals surface area (Å²) in [6.07, 6.45) is 2.18. The van der Waals surface area contributed by atoms with Crippen LogP contribution in [0.5, 0.6) is 23.0 Å². The van der Waals surface area contributed by atoms with E-state index in [4.69, 9.17) is 14.2 Å². The van der Waals surface area contributed by atoms with Crippen molar-refractivity contribution in [3.05, 3.63) is 59.7 Å². The number of ketones is 1. The summed E-state index contributed by atoms with van der Waals surface area (Å²) in [5.74, 6) is 1.19. The van der Waals surface area contributed by atoms with Crippen molar-refractivity contribution >= 4 is 5.78 Å². The summed E-state index contributed by atoms with van der Waals surface area (Å²) in [4.78, 5) is 12.9. The van der Waals surface area contributed by atoms with Crippen LogP contribution in [-0.2, 0) is 6.42 Å². The van der Waals surface area contributed by atoms with Gasteiger partial charge in [0.2, 0.25) is 6.79 Å². The Balaban J connectivity index is 1.94. The summed E-state index contributed by atoms with van der Waals surface area (Å²) in [5, 5.41) is 10.2. The normalized spacial score (nSPS) is 13.4. The lowest BCUT2D eigenvalue weighted by Crippen LogP contribution is -2.10. The summed E-state index contributed by atoms with van der Waals surface area (Å²) in [6.45, 7) is 5.70. The third-order valence-corrected chi connectivity index (χ3v) is 4.31. The van der Waals surface area contributed by atoms with Crippen molar-refractivity contribution in [2.24, 2.45) is 0 Å². The van der Waals surface area contributed by atoms with Gasteiger partial charge < -0.3 is 19.3 Å². The van der Waals surface area contributed by atoms with Crippen LogP contribution in [0.1, 0.15) is 34.3 Å². The van der Waals surface area contributed by atoms with Gasteiger partial charge in [-0.1, -0.05) is 19.1 Å². The van der Waals surface area contributed by atoms with Crippen LogP contribution in [0.25, 0.3) is 0 Å². The number of aromatic hydroxyl groups is 1. The quantitative estimate of drug-likeness (QED) is 0.639. The smallest absolute Gasteiger partial charge is 0.231 e. The van der Waals surface area contributed by atoms with E-state index in [1.807, 2.05) is 13.0 Å². The molecule has 0 radical (unpaired) electrons. The van der Waals surface area contributed by atoms with Crippen LogP contribution in [0.4, 0.5) is 0 Å². The monoisotopic (exact) mass is 340 g/mol. The molecule has 0 bridgehead atoms. The van der Waals surface area contributed by atoms with E-state index in [1.165, 1.54) is 7.11 Å². The lowest BCUT2D eigenvalue weighted by atomic mass is 9.90. The second kappa shape index (κ2) is 6.89. The number of methoxy groups -OCH3 is 1. The Morgan fingerprint density at radius 2 is 2.08 bits per heavy atom. The first-order chi connectivity index (χ1) is 12.0. The van der Waals surface area contributed by atoms with E-state index in [1.54, 1.807) is 30.3 Å². The lowest BCUT2D eigenvalue weighted by Gasteiger charge is -2.16. The van der Waals surface area contributed by atoms with Gasteiger partial charge in [0, 0.05) is 17.0 Å². The van der Waals surface area contributed by atoms with E-state index < -0.39 is 5.92 Å². The molecule has 0 fully saturated rings. The Hall–Kier alpha value is -2.95. The minimum absolute atomic E-state index is 0.0457. The number of carbonyl (C=O) groups is 1. The Bertz CT molecular complexity index is 825. The fourth-order valence-electron chi connectivity index (χ4n) is 2.86. The molecule has 1 atom stereocenters. The number of phenols is 1. The molecule has 2 aromatic rings. The van der Waals surface area contributed by atoms with Crippen molar-refractivity contribution in [1.29, 1.82) is 0 Å². The number of allylic oxidation sites excluding steroid dienone is 1. The summed E-state index contributed by atoms with van der Waals surface area (Å²) < 4.78 is 15.9. The van der Waals surface area contributed by atoms with E-state index in [0.717, 1.165) is 5.56 Å².